The number of hydrazone groups is 1. The van der Waals surface area contributed by atoms with Gasteiger partial charge in [-0.15, -0.1) is 0 Å². The summed E-state index contributed by atoms with van der Waals surface area (Å²) in [6, 6.07) is 25.1. The zero-order valence-electron chi connectivity index (χ0n) is 14.5. The van der Waals surface area contributed by atoms with Gasteiger partial charge in [-0.3, -0.25) is 4.79 Å². The second kappa shape index (κ2) is 7.64. The van der Waals surface area contributed by atoms with Gasteiger partial charge in [-0.1, -0.05) is 72.3 Å². The van der Waals surface area contributed by atoms with Crippen LogP contribution < -0.4 is 5.32 Å². The normalized spacial score (nSPS) is 16.3. The van der Waals surface area contributed by atoms with E-state index in [1.54, 1.807) is 18.3 Å². The number of hydrogen-bond acceptors (Lipinski definition) is 3. The zero-order valence-corrected chi connectivity index (χ0v) is 15.3. The van der Waals surface area contributed by atoms with E-state index in [9.17, 15) is 4.79 Å². The van der Waals surface area contributed by atoms with Crippen LogP contribution in [0.1, 0.15) is 27.7 Å². The predicted octanol–water partition coefficient (Wildman–Crippen LogP) is 5.14. The highest BCUT2D eigenvalue weighted by Gasteiger charge is 2.33. The molecule has 3 aromatic carbocycles. The van der Waals surface area contributed by atoms with Crippen molar-refractivity contribution < 1.29 is 4.79 Å². The summed E-state index contributed by atoms with van der Waals surface area (Å²) in [5, 5.41) is 9.91. The molecule has 0 saturated carbocycles. The molecule has 1 heterocycles. The lowest BCUT2D eigenvalue weighted by Gasteiger charge is -2.34. The molecular formula is C22H18ClN3O. The fourth-order valence-corrected chi connectivity index (χ4v) is 3.27. The lowest BCUT2D eigenvalue weighted by molar-refractivity contribution is 0.0691. The lowest BCUT2D eigenvalue weighted by Crippen LogP contribution is -2.39. The molecule has 4 rings (SSSR count). The Morgan fingerprint density at radius 2 is 1.70 bits per heavy atom. The maximum atomic E-state index is 13.1. The average Bonchev–Trinajstić information content (AvgIpc) is 2.71. The summed E-state index contributed by atoms with van der Waals surface area (Å²) in [6.07, 6.45) is 2.04. The van der Waals surface area contributed by atoms with Crippen molar-refractivity contribution in [2.24, 2.45) is 5.10 Å². The Bertz CT molecular complexity index is 973. The minimum atomic E-state index is -0.376. The molecule has 0 aromatic heterocycles. The van der Waals surface area contributed by atoms with Crippen LogP contribution in [0.3, 0.4) is 0 Å². The molecule has 1 N–H and O–H groups in total. The minimum absolute atomic E-state index is 0.176. The van der Waals surface area contributed by atoms with Crippen molar-refractivity contribution in [3.63, 3.8) is 0 Å². The summed E-state index contributed by atoms with van der Waals surface area (Å²) in [7, 11) is 0. The summed E-state index contributed by atoms with van der Waals surface area (Å²) >= 11 is 6.09. The molecule has 0 saturated heterocycles. The van der Waals surface area contributed by atoms with Crippen molar-refractivity contribution in [3.8, 4) is 0 Å². The van der Waals surface area contributed by atoms with Gasteiger partial charge in [-0.25, -0.2) is 5.01 Å². The number of halogens is 1. The van der Waals surface area contributed by atoms with Gasteiger partial charge < -0.3 is 5.32 Å². The Morgan fingerprint density at radius 1 is 1.00 bits per heavy atom. The van der Waals surface area contributed by atoms with Crippen LogP contribution in [0.25, 0.3) is 0 Å². The van der Waals surface area contributed by atoms with Gasteiger partial charge in [0.25, 0.3) is 5.91 Å². The largest absolute Gasteiger partial charge is 0.359 e. The highest BCUT2D eigenvalue weighted by molar-refractivity contribution is 6.31. The molecule has 0 fully saturated rings. The summed E-state index contributed by atoms with van der Waals surface area (Å²) in [5.41, 5.74) is 3.38. The third-order valence-electron chi connectivity index (χ3n) is 4.45. The van der Waals surface area contributed by atoms with Crippen molar-refractivity contribution in [1.82, 2.24) is 5.01 Å². The first kappa shape index (κ1) is 17.3. The van der Waals surface area contributed by atoms with Gasteiger partial charge in [0.1, 0.15) is 0 Å². The number of nitrogens with zero attached hydrogens (tertiary/aromatic N) is 2. The predicted molar refractivity (Wildman–Crippen MR) is 109 cm³/mol. The Hall–Kier alpha value is -3.11. The molecule has 5 heteroatoms. The Kier molecular flexibility index (Phi) is 4.90. The van der Waals surface area contributed by atoms with E-state index in [2.05, 4.69) is 10.4 Å². The quantitative estimate of drug-likeness (QED) is 0.642. The van der Waals surface area contributed by atoms with E-state index < -0.39 is 0 Å². The van der Waals surface area contributed by atoms with Gasteiger partial charge in [0.2, 0.25) is 0 Å². The summed E-state index contributed by atoms with van der Waals surface area (Å²) < 4.78 is 0. The first-order chi connectivity index (χ1) is 13.2. The molecule has 3 aromatic rings. The van der Waals surface area contributed by atoms with E-state index in [0.717, 1.165) is 16.8 Å². The zero-order chi connectivity index (χ0) is 18.6. The number of benzene rings is 3. The number of rotatable bonds is 4. The molecule has 1 amide bonds. The van der Waals surface area contributed by atoms with E-state index in [0.29, 0.717) is 17.0 Å². The second-order valence-electron chi connectivity index (χ2n) is 6.28. The second-order valence-corrected chi connectivity index (χ2v) is 6.72. The topological polar surface area (TPSA) is 44.7 Å². The number of anilines is 1. The third kappa shape index (κ3) is 3.71. The van der Waals surface area contributed by atoms with Crippen LogP contribution in [0.15, 0.2) is 84.0 Å². The molecule has 27 heavy (non-hydrogen) atoms. The van der Waals surface area contributed by atoms with Crippen molar-refractivity contribution in [1.29, 1.82) is 0 Å². The summed E-state index contributed by atoms with van der Waals surface area (Å²) in [6.45, 7) is 0. The number of amides is 1. The average molecular weight is 376 g/mol. The van der Waals surface area contributed by atoms with Gasteiger partial charge >= 0.3 is 0 Å². The van der Waals surface area contributed by atoms with Crippen LogP contribution in [-0.4, -0.2) is 17.1 Å². The molecular weight excluding hydrogens is 358 g/mol. The molecule has 0 spiro atoms. The Morgan fingerprint density at radius 3 is 2.44 bits per heavy atom. The first-order valence-electron chi connectivity index (χ1n) is 8.73. The minimum Gasteiger partial charge on any atom is -0.359 e. The number of carbonyl (C=O) groups excluding carboxylic acids is 1. The summed E-state index contributed by atoms with van der Waals surface area (Å²) in [5.74, 6) is -0.176. The van der Waals surface area contributed by atoms with Gasteiger partial charge in [0.05, 0.1) is 5.56 Å². The molecule has 0 aliphatic carbocycles. The van der Waals surface area contributed by atoms with Crippen LogP contribution in [0.4, 0.5) is 5.69 Å². The Labute approximate surface area is 163 Å². The smallest absolute Gasteiger partial charge is 0.278 e. The van der Waals surface area contributed by atoms with Gasteiger partial charge in [0.15, 0.2) is 6.17 Å². The van der Waals surface area contributed by atoms with E-state index >= 15 is 0 Å². The molecule has 0 bridgehead atoms. The molecule has 1 aliphatic heterocycles. The van der Waals surface area contributed by atoms with E-state index in [1.807, 2.05) is 66.7 Å². The Balaban J connectivity index is 1.67. The van der Waals surface area contributed by atoms with E-state index in [1.165, 1.54) is 5.01 Å². The highest BCUT2D eigenvalue weighted by Crippen LogP contribution is 2.34. The first-order valence-corrected chi connectivity index (χ1v) is 9.11. The monoisotopic (exact) mass is 375 g/mol. The molecule has 4 nitrogen and oxygen atoms in total. The highest BCUT2D eigenvalue weighted by atomic mass is 35.5. The fourth-order valence-electron chi connectivity index (χ4n) is 3.10. The number of carbonyl (C=O) groups is 1. The van der Waals surface area contributed by atoms with E-state index in [-0.39, 0.29) is 12.1 Å². The van der Waals surface area contributed by atoms with Crippen LogP contribution in [0.2, 0.25) is 5.02 Å². The van der Waals surface area contributed by atoms with Crippen molar-refractivity contribution >= 4 is 29.4 Å². The lowest BCUT2D eigenvalue weighted by atomic mass is 10.1. The molecule has 1 atom stereocenters. The van der Waals surface area contributed by atoms with Crippen molar-refractivity contribution in [2.75, 3.05) is 5.32 Å². The SMILES string of the molecule is O=C1c2cc(Cl)ccc2NC(c2ccccc2)N1N=CCc1ccccc1. The maximum absolute atomic E-state index is 13.1. The van der Waals surface area contributed by atoms with Crippen LogP contribution in [-0.2, 0) is 6.42 Å². The van der Waals surface area contributed by atoms with Crippen molar-refractivity contribution in [3.05, 3.63) is 101 Å². The number of hydrogen-bond donors (Lipinski definition) is 1. The van der Waals surface area contributed by atoms with E-state index in [4.69, 9.17) is 11.6 Å². The number of nitrogens with one attached hydrogen (secondary N) is 1. The maximum Gasteiger partial charge on any atom is 0.278 e. The van der Waals surface area contributed by atoms with Gasteiger partial charge in [0, 0.05) is 23.3 Å². The molecule has 134 valence electrons. The standard InChI is InChI=1S/C22H18ClN3O/c23-18-11-12-20-19(15-18)22(27)26(21(25-20)17-9-5-2-6-10-17)24-14-13-16-7-3-1-4-8-16/h1-12,14-15,21,25H,13H2. The van der Waals surface area contributed by atoms with Crippen LogP contribution in [0.5, 0.6) is 0 Å². The van der Waals surface area contributed by atoms with Crippen LogP contribution in [0, 0.1) is 0 Å². The van der Waals surface area contributed by atoms with Crippen LogP contribution >= 0.6 is 11.6 Å². The molecule has 0 radical (unpaired) electrons. The fraction of sp³-hybridized carbons (Fsp3) is 0.0909. The number of fused-ring (bicyclic) bond motifs is 1. The molecule has 1 unspecified atom stereocenters. The van der Waals surface area contributed by atoms with Gasteiger partial charge in [-0.05, 0) is 29.3 Å². The third-order valence-corrected chi connectivity index (χ3v) is 4.68. The van der Waals surface area contributed by atoms with Crippen molar-refractivity contribution in [2.45, 2.75) is 12.6 Å². The molecule has 1 aliphatic rings. The van der Waals surface area contributed by atoms with Gasteiger partial charge in [-0.2, -0.15) is 5.10 Å². The summed E-state index contributed by atoms with van der Waals surface area (Å²) in [4.78, 5) is 13.1.